The second-order valence-corrected chi connectivity index (χ2v) is 5.21. The van der Waals surface area contributed by atoms with Gasteiger partial charge in [-0.05, 0) is 25.0 Å². The van der Waals surface area contributed by atoms with Crippen LogP contribution in [0.3, 0.4) is 0 Å². The van der Waals surface area contributed by atoms with Crippen LogP contribution < -0.4 is 10.00 Å². The van der Waals surface area contributed by atoms with E-state index in [1.54, 1.807) is 35.1 Å². The third kappa shape index (κ3) is 5.90. The zero-order valence-electron chi connectivity index (χ0n) is 12.8. The van der Waals surface area contributed by atoms with E-state index in [1.165, 1.54) is 0 Å². The van der Waals surface area contributed by atoms with E-state index >= 15 is 0 Å². The highest BCUT2D eigenvalue weighted by atomic mass is 16.5. The van der Waals surface area contributed by atoms with Gasteiger partial charge in [0.2, 0.25) is 5.27 Å². The highest BCUT2D eigenvalue weighted by Gasteiger charge is 2.14. The molecule has 0 atom stereocenters. The predicted molar refractivity (Wildman–Crippen MR) is 81.8 cm³/mol. The van der Waals surface area contributed by atoms with Gasteiger partial charge < -0.3 is 5.11 Å². The predicted octanol–water partition coefficient (Wildman–Crippen LogP) is 2.25. The van der Waals surface area contributed by atoms with Crippen LogP contribution in [0.25, 0.3) is 0 Å². The second kappa shape index (κ2) is 8.67. The summed E-state index contributed by atoms with van der Waals surface area (Å²) in [6.07, 6.45) is 5.23. The maximum Gasteiger partial charge on any atom is 0.303 e. The quantitative estimate of drug-likeness (QED) is 0.546. The van der Waals surface area contributed by atoms with Crippen LogP contribution >= 0.6 is 0 Å². The number of carbonyl (C=O) groups is 2. The number of aryl methyl sites for hydroxylation is 1. The second-order valence-electron chi connectivity index (χ2n) is 5.21. The molecule has 2 N–H and O–H groups in total. The lowest BCUT2D eigenvalue weighted by molar-refractivity contribution is -0.762. The number of carbonyl (C=O) groups excluding carboxylic acids is 1. The van der Waals surface area contributed by atoms with Crippen LogP contribution in [-0.4, -0.2) is 22.3 Å². The lowest BCUT2D eigenvalue weighted by atomic mass is 10.1. The average molecular weight is 318 g/mol. The summed E-state index contributed by atoms with van der Waals surface area (Å²) in [5.41, 5.74) is 0.550. The van der Waals surface area contributed by atoms with Crippen LogP contribution in [0, 0.1) is 0 Å². The van der Waals surface area contributed by atoms with Crippen LogP contribution in [0.2, 0.25) is 0 Å². The summed E-state index contributed by atoms with van der Waals surface area (Å²) in [5, 5.41) is 15.0. The first-order valence-corrected chi connectivity index (χ1v) is 7.60. The molecule has 0 saturated carbocycles. The molecular formula is C16H20N3O4+. The van der Waals surface area contributed by atoms with Crippen molar-refractivity contribution in [1.29, 1.82) is 0 Å². The average Bonchev–Trinajstić information content (AvgIpc) is 2.98. The number of unbranched alkanes of at least 4 members (excludes halogenated alkanes) is 3. The molecule has 1 amide bonds. The summed E-state index contributed by atoms with van der Waals surface area (Å²) in [6, 6.07) is 8.86. The van der Waals surface area contributed by atoms with E-state index < -0.39 is 5.97 Å². The van der Waals surface area contributed by atoms with Crippen LogP contribution in [0.1, 0.15) is 42.5 Å². The Morgan fingerprint density at radius 1 is 1.13 bits per heavy atom. The van der Waals surface area contributed by atoms with Gasteiger partial charge in [-0.3, -0.25) is 19.4 Å². The summed E-state index contributed by atoms with van der Waals surface area (Å²) in [5.74, 6) is -0.707. The summed E-state index contributed by atoms with van der Waals surface area (Å²) < 4.78 is 6.69. The van der Waals surface area contributed by atoms with E-state index in [2.05, 4.69) is 10.6 Å². The lowest BCUT2D eigenvalue weighted by Gasteiger charge is -1.98. The fourth-order valence-electron chi connectivity index (χ4n) is 2.12. The monoisotopic (exact) mass is 318 g/mol. The molecule has 7 nitrogen and oxygen atoms in total. The number of aliphatic carboxylic acids is 1. The van der Waals surface area contributed by atoms with Crippen molar-refractivity contribution in [2.75, 3.05) is 5.32 Å². The van der Waals surface area contributed by atoms with Crippen molar-refractivity contribution in [3.8, 4) is 0 Å². The Morgan fingerprint density at radius 3 is 2.61 bits per heavy atom. The number of carboxylic acids is 1. The minimum Gasteiger partial charge on any atom is -0.481 e. The molecule has 0 bridgehead atoms. The van der Waals surface area contributed by atoms with Crippen molar-refractivity contribution in [2.24, 2.45) is 0 Å². The van der Waals surface area contributed by atoms with Gasteiger partial charge in [0.05, 0.1) is 0 Å². The number of nitrogens with zero attached hydrogens (tertiary/aromatic N) is 2. The third-order valence-corrected chi connectivity index (χ3v) is 3.31. The van der Waals surface area contributed by atoms with Gasteiger partial charge in [0.25, 0.3) is 12.1 Å². The van der Waals surface area contributed by atoms with Gasteiger partial charge in [-0.2, -0.15) is 0 Å². The Balaban J connectivity index is 1.71. The zero-order chi connectivity index (χ0) is 16.5. The molecule has 0 fully saturated rings. The molecule has 0 aliphatic carbocycles. The van der Waals surface area contributed by atoms with Gasteiger partial charge in [-0.25, -0.2) is 0 Å². The van der Waals surface area contributed by atoms with Gasteiger partial charge in [-0.1, -0.05) is 29.3 Å². The largest absolute Gasteiger partial charge is 0.481 e. The molecule has 0 radical (unpaired) electrons. The van der Waals surface area contributed by atoms with Crippen molar-refractivity contribution < 1.29 is 23.9 Å². The molecule has 0 unspecified atom stereocenters. The molecule has 1 aromatic heterocycles. The molecule has 1 aromatic carbocycles. The molecule has 0 saturated heterocycles. The summed E-state index contributed by atoms with van der Waals surface area (Å²) in [4.78, 5) is 22.3. The molecule has 0 aliphatic rings. The molecule has 2 aromatic rings. The molecular weight excluding hydrogens is 298 g/mol. The summed E-state index contributed by atoms with van der Waals surface area (Å²) >= 11 is 0. The lowest BCUT2D eigenvalue weighted by Crippen LogP contribution is -2.34. The topological polar surface area (TPSA) is 96.3 Å². The fourth-order valence-corrected chi connectivity index (χ4v) is 2.12. The van der Waals surface area contributed by atoms with Crippen molar-refractivity contribution in [1.82, 2.24) is 5.27 Å². The summed E-state index contributed by atoms with van der Waals surface area (Å²) in [6.45, 7) is 0.664. The Morgan fingerprint density at radius 2 is 1.87 bits per heavy atom. The molecule has 122 valence electrons. The Kier molecular flexibility index (Phi) is 6.28. The first-order chi connectivity index (χ1) is 11.1. The Hall–Kier alpha value is -2.70. The van der Waals surface area contributed by atoms with Gasteiger partial charge in [0.1, 0.15) is 0 Å². The van der Waals surface area contributed by atoms with E-state index in [-0.39, 0.29) is 12.3 Å². The van der Waals surface area contributed by atoms with Crippen LogP contribution in [0.15, 0.2) is 41.1 Å². The van der Waals surface area contributed by atoms with E-state index in [0.717, 1.165) is 19.3 Å². The van der Waals surface area contributed by atoms with Crippen molar-refractivity contribution in [3.63, 3.8) is 0 Å². The van der Waals surface area contributed by atoms with Crippen molar-refractivity contribution >= 4 is 17.8 Å². The number of amides is 1. The normalized spacial score (nSPS) is 10.4. The maximum atomic E-state index is 12.0. The van der Waals surface area contributed by atoms with Gasteiger partial charge in [0, 0.05) is 18.4 Å². The number of aromatic nitrogens is 2. The van der Waals surface area contributed by atoms with Crippen molar-refractivity contribution in [2.45, 2.75) is 38.6 Å². The number of anilines is 1. The van der Waals surface area contributed by atoms with Crippen LogP contribution in [0.5, 0.6) is 0 Å². The molecule has 1 heterocycles. The zero-order valence-corrected chi connectivity index (χ0v) is 12.8. The molecule has 2 rings (SSSR count). The number of nitrogens with one attached hydrogen (secondary N) is 1. The number of carboxylic acid groups (broad SMARTS) is 1. The van der Waals surface area contributed by atoms with Crippen LogP contribution in [0.4, 0.5) is 5.88 Å². The SMILES string of the molecule is O=C(O)CCCCCC[n+]1cc(NC(=O)c2ccccc2)on1. The summed E-state index contributed by atoms with van der Waals surface area (Å²) in [7, 11) is 0. The van der Waals surface area contributed by atoms with Gasteiger partial charge in [-0.15, -0.1) is 0 Å². The molecule has 7 heteroatoms. The van der Waals surface area contributed by atoms with E-state index in [4.69, 9.17) is 9.63 Å². The van der Waals surface area contributed by atoms with E-state index in [9.17, 15) is 9.59 Å². The Labute approximate surface area is 133 Å². The Bertz CT molecular complexity index is 640. The molecule has 0 aliphatic heterocycles. The van der Waals surface area contributed by atoms with Gasteiger partial charge in [0.15, 0.2) is 6.54 Å². The maximum absolute atomic E-state index is 12.0. The smallest absolute Gasteiger partial charge is 0.303 e. The highest BCUT2D eigenvalue weighted by molar-refractivity contribution is 6.03. The fraction of sp³-hybridized carbons (Fsp3) is 0.375. The minimum atomic E-state index is -0.755. The molecule has 23 heavy (non-hydrogen) atoms. The number of benzene rings is 1. The minimum absolute atomic E-state index is 0.215. The van der Waals surface area contributed by atoms with E-state index in [1.807, 2.05) is 6.07 Å². The highest BCUT2D eigenvalue weighted by Crippen LogP contribution is 2.07. The number of hydrogen-bond acceptors (Lipinski definition) is 4. The van der Waals surface area contributed by atoms with Crippen molar-refractivity contribution in [3.05, 3.63) is 42.1 Å². The first kappa shape index (κ1) is 16.7. The first-order valence-electron chi connectivity index (χ1n) is 7.60. The molecule has 0 spiro atoms. The number of hydrogen-bond donors (Lipinski definition) is 2. The van der Waals surface area contributed by atoms with Gasteiger partial charge >= 0.3 is 11.9 Å². The number of rotatable bonds is 9. The third-order valence-electron chi connectivity index (χ3n) is 3.31. The van der Waals surface area contributed by atoms with E-state index in [0.29, 0.717) is 24.4 Å². The standard InChI is InChI=1S/C16H19N3O4/c20-15(21)10-6-1-2-7-11-19-12-14(23-18-19)17-16(22)13-8-4-3-5-9-13/h3-5,8-9,12H,1-2,6-7,10-11H2,(H-,17,18,20,21,22)/p+1. The van der Waals surface area contributed by atoms with Crippen LogP contribution in [-0.2, 0) is 11.3 Å².